The molecule has 1 atom stereocenters. The molecule has 0 bridgehead atoms. The molecule has 0 N–H and O–H groups in total. The number of fused-ring (bicyclic) bond motifs is 1. The van der Waals surface area contributed by atoms with E-state index >= 15 is 0 Å². The molecular formula is C18H20N4O3. The topological polar surface area (TPSA) is 67.7 Å². The normalized spacial score (nSPS) is 19.5. The summed E-state index contributed by atoms with van der Waals surface area (Å²) in [7, 11) is 1.63. The number of hydrogen-bond acceptors (Lipinski definition) is 5. The number of aromatic nitrogens is 2. The van der Waals surface area contributed by atoms with E-state index in [1.54, 1.807) is 19.3 Å². The van der Waals surface area contributed by atoms with Gasteiger partial charge in [-0.3, -0.25) is 9.59 Å². The fourth-order valence-electron chi connectivity index (χ4n) is 3.34. The smallest absolute Gasteiger partial charge is 0.268 e. The van der Waals surface area contributed by atoms with Gasteiger partial charge in [-0.15, -0.1) is 0 Å². The Balaban J connectivity index is 1.38. The number of amides is 1. The molecule has 0 aliphatic carbocycles. The molecule has 7 nitrogen and oxygen atoms in total. The lowest BCUT2D eigenvalue weighted by Crippen LogP contribution is -2.52. The van der Waals surface area contributed by atoms with Crippen molar-refractivity contribution in [3.05, 3.63) is 52.4 Å². The van der Waals surface area contributed by atoms with Crippen LogP contribution in [0.15, 0.2) is 41.3 Å². The average Bonchev–Trinajstić information content (AvgIpc) is 3.08. The zero-order valence-corrected chi connectivity index (χ0v) is 14.1. The molecule has 25 heavy (non-hydrogen) atoms. The Hall–Kier alpha value is -2.83. The molecule has 4 rings (SSSR count). The van der Waals surface area contributed by atoms with Crippen LogP contribution in [0.1, 0.15) is 5.56 Å². The van der Waals surface area contributed by atoms with Gasteiger partial charge in [-0.25, -0.2) is 4.68 Å². The molecule has 0 saturated carbocycles. The molecular weight excluding hydrogens is 320 g/mol. The average molecular weight is 340 g/mol. The summed E-state index contributed by atoms with van der Waals surface area (Å²) in [6.45, 7) is 2.59. The number of piperazine rings is 1. The maximum absolute atomic E-state index is 12.7. The summed E-state index contributed by atoms with van der Waals surface area (Å²) in [5.41, 5.74) is 1.76. The third-order valence-corrected chi connectivity index (χ3v) is 4.83. The van der Waals surface area contributed by atoms with Crippen LogP contribution in [-0.4, -0.2) is 52.9 Å². The lowest BCUT2D eigenvalue weighted by atomic mass is 10.1. The van der Waals surface area contributed by atoms with E-state index in [1.807, 2.05) is 29.2 Å². The Morgan fingerprint density at radius 2 is 1.96 bits per heavy atom. The molecule has 130 valence electrons. The largest absolute Gasteiger partial charge is 0.480 e. The van der Waals surface area contributed by atoms with Gasteiger partial charge in [0, 0.05) is 45.7 Å². The van der Waals surface area contributed by atoms with Crippen molar-refractivity contribution in [1.29, 1.82) is 0 Å². The lowest BCUT2D eigenvalue weighted by Gasteiger charge is -2.36. The third kappa shape index (κ3) is 2.97. The zero-order chi connectivity index (χ0) is 17.4. The lowest BCUT2D eigenvalue weighted by molar-refractivity contribution is -0.138. The third-order valence-electron chi connectivity index (χ3n) is 4.83. The Morgan fingerprint density at radius 1 is 1.20 bits per heavy atom. The summed E-state index contributed by atoms with van der Waals surface area (Å²) >= 11 is 0. The number of carbonyl (C=O) groups is 1. The van der Waals surface area contributed by atoms with Crippen molar-refractivity contribution in [3.63, 3.8) is 0 Å². The number of anilines is 1. The maximum atomic E-state index is 12.7. The minimum absolute atomic E-state index is 0.0398. The number of nitrogens with zero attached hydrogens (tertiary/aromatic N) is 4. The second kappa shape index (κ2) is 6.23. The fraction of sp³-hybridized carbons (Fsp3) is 0.389. The van der Waals surface area contributed by atoms with Crippen LogP contribution < -0.4 is 15.2 Å². The molecule has 3 heterocycles. The Labute approximate surface area is 145 Å². The monoisotopic (exact) mass is 340 g/mol. The van der Waals surface area contributed by atoms with Crippen molar-refractivity contribution in [2.24, 2.45) is 7.05 Å². The molecule has 1 saturated heterocycles. The minimum Gasteiger partial charge on any atom is -0.480 e. The molecule has 0 radical (unpaired) electrons. The Morgan fingerprint density at radius 3 is 2.68 bits per heavy atom. The molecule has 7 heteroatoms. The molecule has 1 aromatic carbocycles. The second-order valence-electron chi connectivity index (χ2n) is 6.41. The van der Waals surface area contributed by atoms with Crippen LogP contribution in [0.3, 0.4) is 0 Å². The van der Waals surface area contributed by atoms with Gasteiger partial charge in [0.25, 0.3) is 11.5 Å². The van der Waals surface area contributed by atoms with E-state index in [2.05, 4.69) is 10.00 Å². The highest BCUT2D eigenvalue weighted by Crippen LogP contribution is 2.29. The van der Waals surface area contributed by atoms with E-state index in [-0.39, 0.29) is 11.5 Å². The molecule has 1 amide bonds. The van der Waals surface area contributed by atoms with E-state index < -0.39 is 6.10 Å². The summed E-state index contributed by atoms with van der Waals surface area (Å²) in [5.74, 6) is 0.851. The maximum Gasteiger partial charge on any atom is 0.268 e. The first kappa shape index (κ1) is 15.7. The highest BCUT2D eigenvalue weighted by molar-refractivity contribution is 5.83. The van der Waals surface area contributed by atoms with Crippen LogP contribution in [0.5, 0.6) is 5.75 Å². The molecule has 0 spiro atoms. The number of rotatable bonds is 2. The van der Waals surface area contributed by atoms with Gasteiger partial charge in [-0.1, -0.05) is 18.2 Å². The second-order valence-corrected chi connectivity index (χ2v) is 6.41. The van der Waals surface area contributed by atoms with Crippen LogP contribution in [0, 0.1) is 0 Å². The Kier molecular flexibility index (Phi) is 3.91. The van der Waals surface area contributed by atoms with Gasteiger partial charge in [0.05, 0.1) is 11.9 Å². The molecule has 1 fully saturated rings. The van der Waals surface area contributed by atoms with Crippen molar-refractivity contribution in [2.45, 2.75) is 12.5 Å². The van der Waals surface area contributed by atoms with Gasteiger partial charge >= 0.3 is 0 Å². The van der Waals surface area contributed by atoms with E-state index in [0.717, 1.165) is 17.0 Å². The van der Waals surface area contributed by atoms with Crippen LogP contribution in [0.25, 0.3) is 0 Å². The fourth-order valence-corrected chi connectivity index (χ4v) is 3.34. The van der Waals surface area contributed by atoms with Crippen LogP contribution in [0.4, 0.5) is 5.69 Å². The number of ether oxygens (including phenoxy) is 1. The van der Waals surface area contributed by atoms with Crippen LogP contribution in [0.2, 0.25) is 0 Å². The van der Waals surface area contributed by atoms with Crippen molar-refractivity contribution in [2.75, 3.05) is 31.1 Å². The summed E-state index contributed by atoms with van der Waals surface area (Å²) in [6.07, 6.45) is 1.90. The minimum atomic E-state index is -0.422. The van der Waals surface area contributed by atoms with Crippen LogP contribution in [-0.2, 0) is 18.3 Å². The molecule has 1 unspecified atom stereocenters. The molecule has 2 aliphatic rings. The number of hydrogen-bond donors (Lipinski definition) is 0. The van der Waals surface area contributed by atoms with Gasteiger partial charge < -0.3 is 14.5 Å². The number of para-hydroxylation sites is 1. The van der Waals surface area contributed by atoms with Crippen LogP contribution >= 0.6 is 0 Å². The van der Waals surface area contributed by atoms with E-state index in [9.17, 15) is 9.59 Å². The molecule has 2 aromatic rings. The summed E-state index contributed by atoms with van der Waals surface area (Å²) in [5, 5.41) is 4.06. The highest BCUT2D eigenvalue weighted by Gasteiger charge is 2.33. The summed E-state index contributed by atoms with van der Waals surface area (Å²) in [4.78, 5) is 28.4. The quantitative estimate of drug-likeness (QED) is 0.793. The number of aryl methyl sites for hydroxylation is 1. The predicted molar refractivity (Wildman–Crippen MR) is 92.8 cm³/mol. The van der Waals surface area contributed by atoms with Gasteiger partial charge in [-0.2, -0.15) is 5.10 Å². The van der Waals surface area contributed by atoms with Gasteiger partial charge in [0.15, 0.2) is 6.10 Å². The van der Waals surface area contributed by atoms with E-state index in [1.165, 1.54) is 4.68 Å². The molecule has 2 aliphatic heterocycles. The summed E-state index contributed by atoms with van der Waals surface area (Å²) in [6, 6.07) is 9.38. The predicted octanol–water partition coefficient (Wildman–Crippen LogP) is 0.433. The standard InChI is InChI=1S/C18H20N4O3/c1-20-17(23)11-14(12-19-20)21-6-8-22(9-7-21)18(24)16-10-13-4-2-3-5-15(13)25-16/h2-5,11-12,16H,6-10H2,1H3. The van der Waals surface area contributed by atoms with Crippen molar-refractivity contribution < 1.29 is 9.53 Å². The van der Waals surface area contributed by atoms with Crippen molar-refractivity contribution >= 4 is 11.6 Å². The van der Waals surface area contributed by atoms with Crippen molar-refractivity contribution in [3.8, 4) is 5.75 Å². The Bertz CT molecular complexity index is 830. The van der Waals surface area contributed by atoms with E-state index in [0.29, 0.717) is 32.6 Å². The number of benzene rings is 1. The van der Waals surface area contributed by atoms with E-state index in [4.69, 9.17) is 4.74 Å². The van der Waals surface area contributed by atoms with Gasteiger partial charge in [0.2, 0.25) is 0 Å². The summed E-state index contributed by atoms with van der Waals surface area (Å²) < 4.78 is 7.11. The first-order valence-corrected chi connectivity index (χ1v) is 8.43. The zero-order valence-electron chi connectivity index (χ0n) is 14.1. The SMILES string of the molecule is Cn1ncc(N2CCN(C(=O)C3Cc4ccccc4O3)CC2)cc1=O. The van der Waals surface area contributed by atoms with Gasteiger partial charge in [-0.05, 0) is 11.6 Å². The first-order chi connectivity index (χ1) is 12.1. The highest BCUT2D eigenvalue weighted by atomic mass is 16.5. The van der Waals surface area contributed by atoms with Crippen molar-refractivity contribution in [1.82, 2.24) is 14.7 Å². The molecule has 1 aromatic heterocycles. The first-order valence-electron chi connectivity index (χ1n) is 8.43. The van der Waals surface area contributed by atoms with Gasteiger partial charge in [0.1, 0.15) is 5.75 Å². The number of carbonyl (C=O) groups excluding carboxylic acids is 1.